The molecular formula is C28H24BF5N2O6S. The van der Waals surface area contributed by atoms with Crippen molar-refractivity contribution in [2.45, 2.75) is 31.5 Å². The van der Waals surface area contributed by atoms with Crippen molar-refractivity contribution < 1.29 is 49.6 Å². The summed E-state index contributed by atoms with van der Waals surface area (Å²) in [4.78, 5) is 13.0. The van der Waals surface area contributed by atoms with Crippen LogP contribution in [0.25, 0.3) is 22.3 Å². The first-order chi connectivity index (χ1) is 20.1. The third kappa shape index (κ3) is 5.97. The standard InChI is InChI=1S/C28H24BF5N2O6S/c1-35-27(37)25-19-10-18(14-3-4-14)23(12-24(19)42-26(25)15-5-7-17(30)8-6-15)36(43(2,40)41)13-16-9-22(31)21(29(38)39)11-20(16)28(32,33)34/h5-12,14,38-39H,3-4,13H2,1-2H3,(H,35,37). The topological polar surface area (TPSA) is 120 Å². The van der Waals surface area contributed by atoms with Crippen molar-refractivity contribution in [3.8, 4) is 11.3 Å². The molecule has 0 bridgehead atoms. The molecule has 1 aliphatic carbocycles. The van der Waals surface area contributed by atoms with Crippen molar-refractivity contribution in [3.63, 3.8) is 0 Å². The minimum absolute atomic E-state index is 0.0276. The van der Waals surface area contributed by atoms with Crippen LogP contribution in [0.3, 0.4) is 0 Å². The number of carbonyl (C=O) groups is 1. The zero-order chi connectivity index (χ0) is 31.4. The summed E-state index contributed by atoms with van der Waals surface area (Å²) in [6, 6.07) is 8.64. The van der Waals surface area contributed by atoms with E-state index in [4.69, 9.17) is 4.42 Å². The first-order valence-electron chi connectivity index (χ1n) is 12.9. The minimum atomic E-state index is -5.09. The summed E-state index contributed by atoms with van der Waals surface area (Å²) in [5.41, 5.74) is -2.35. The summed E-state index contributed by atoms with van der Waals surface area (Å²) in [6.07, 6.45) is -3.03. The lowest BCUT2D eigenvalue weighted by Gasteiger charge is -2.27. The van der Waals surface area contributed by atoms with Crippen LogP contribution in [0.15, 0.2) is 52.9 Å². The Balaban J connectivity index is 1.74. The van der Waals surface area contributed by atoms with Gasteiger partial charge in [0.25, 0.3) is 5.91 Å². The summed E-state index contributed by atoms with van der Waals surface area (Å²) in [5, 5.41) is 21.5. The van der Waals surface area contributed by atoms with Gasteiger partial charge < -0.3 is 19.8 Å². The Morgan fingerprint density at radius 3 is 2.28 bits per heavy atom. The summed E-state index contributed by atoms with van der Waals surface area (Å²) in [6.45, 7) is -0.953. The van der Waals surface area contributed by atoms with E-state index in [0.717, 1.165) is 6.26 Å². The number of fused-ring (bicyclic) bond motifs is 1. The lowest BCUT2D eigenvalue weighted by atomic mass is 9.78. The van der Waals surface area contributed by atoms with E-state index in [1.807, 2.05) is 0 Å². The summed E-state index contributed by atoms with van der Waals surface area (Å²) >= 11 is 0. The van der Waals surface area contributed by atoms with Crippen LogP contribution < -0.4 is 15.1 Å². The molecule has 3 N–H and O–H groups in total. The molecule has 5 rings (SSSR count). The first-order valence-corrected chi connectivity index (χ1v) is 14.8. The van der Waals surface area contributed by atoms with E-state index < -0.39 is 64.0 Å². The van der Waals surface area contributed by atoms with Crippen molar-refractivity contribution in [1.82, 2.24) is 5.32 Å². The normalized spacial score (nSPS) is 13.8. The molecule has 1 fully saturated rings. The third-order valence-electron chi connectivity index (χ3n) is 7.20. The van der Waals surface area contributed by atoms with E-state index in [0.29, 0.717) is 39.7 Å². The zero-order valence-corrected chi connectivity index (χ0v) is 23.5. The van der Waals surface area contributed by atoms with Gasteiger partial charge in [0, 0.05) is 29.5 Å². The number of carbonyl (C=O) groups excluding carboxylic acids is 1. The molecule has 0 radical (unpaired) electrons. The maximum atomic E-state index is 14.7. The van der Waals surface area contributed by atoms with Crippen LogP contribution in [-0.4, -0.2) is 44.8 Å². The van der Waals surface area contributed by atoms with Crippen LogP contribution in [0.2, 0.25) is 0 Å². The van der Waals surface area contributed by atoms with E-state index in [1.54, 1.807) is 6.07 Å². The Hall–Kier alpha value is -3.95. The van der Waals surface area contributed by atoms with Crippen molar-refractivity contribution in [1.29, 1.82) is 0 Å². The summed E-state index contributed by atoms with van der Waals surface area (Å²) < 4.78 is 103. The van der Waals surface area contributed by atoms with Gasteiger partial charge in [0.2, 0.25) is 10.0 Å². The molecule has 1 saturated carbocycles. The summed E-state index contributed by atoms with van der Waals surface area (Å²) in [5.74, 6) is -2.55. The average Bonchev–Trinajstić information content (AvgIpc) is 3.70. The lowest BCUT2D eigenvalue weighted by molar-refractivity contribution is -0.138. The quantitative estimate of drug-likeness (QED) is 0.200. The van der Waals surface area contributed by atoms with Gasteiger partial charge in [-0.1, -0.05) is 0 Å². The van der Waals surface area contributed by atoms with Crippen molar-refractivity contribution >= 4 is 45.2 Å². The van der Waals surface area contributed by atoms with Crippen molar-refractivity contribution in [3.05, 3.63) is 82.4 Å². The smallest absolute Gasteiger partial charge is 0.455 e. The predicted molar refractivity (Wildman–Crippen MR) is 149 cm³/mol. The Bertz CT molecular complexity index is 1840. The summed E-state index contributed by atoms with van der Waals surface area (Å²) in [7, 11) is -5.45. The van der Waals surface area contributed by atoms with Gasteiger partial charge >= 0.3 is 13.3 Å². The number of rotatable bonds is 8. The molecule has 1 heterocycles. The fourth-order valence-electron chi connectivity index (χ4n) is 5.00. The minimum Gasteiger partial charge on any atom is -0.455 e. The number of furan rings is 1. The highest BCUT2D eigenvalue weighted by molar-refractivity contribution is 7.92. The molecule has 0 spiro atoms. The molecule has 1 aliphatic rings. The van der Waals surface area contributed by atoms with Crippen LogP contribution in [0.4, 0.5) is 27.6 Å². The highest BCUT2D eigenvalue weighted by Gasteiger charge is 2.38. The molecule has 226 valence electrons. The first kappa shape index (κ1) is 30.5. The number of nitrogens with one attached hydrogen (secondary N) is 1. The van der Waals surface area contributed by atoms with Gasteiger partial charge in [-0.3, -0.25) is 9.10 Å². The number of anilines is 1. The predicted octanol–water partition coefficient (Wildman–Crippen LogP) is 4.28. The van der Waals surface area contributed by atoms with Gasteiger partial charge in [-0.05, 0) is 72.4 Å². The van der Waals surface area contributed by atoms with E-state index >= 15 is 0 Å². The molecule has 3 aromatic carbocycles. The Morgan fingerprint density at radius 1 is 1.09 bits per heavy atom. The van der Waals surface area contributed by atoms with Crippen LogP contribution >= 0.6 is 0 Å². The van der Waals surface area contributed by atoms with Crippen molar-refractivity contribution in [2.24, 2.45) is 0 Å². The van der Waals surface area contributed by atoms with Crippen LogP contribution in [0.1, 0.15) is 45.8 Å². The average molecular weight is 622 g/mol. The number of sulfonamides is 1. The number of halogens is 5. The molecule has 15 heteroatoms. The Morgan fingerprint density at radius 2 is 1.74 bits per heavy atom. The maximum absolute atomic E-state index is 14.7. The number of nitrogens with zero attached hydrogens (tertiary/aromatic N) is 1. The van der Waals surface area contributed by atoms with E-state index in [1.165, 1.54) is 37.4 Å². The molecule has 0 atom stereocenters. The number of amides is 1. The van der Waals surface area contributed by atoms with Crippen molar-refractivity contribution in [2.75, 3.05) is 17.6 Å². The van der Waals surface area contributed by atoms with E-state index in [2.05, 4.69) is 5.32 Å². The van der Waals surface area contributed by atoms with E-state index in [-0.39, 0.29) is 34.6 Å². The molecule has 43 heavy (non-hydrogen) atoms. The van der Waals surface area contributed by atoms with Gasteiger partial charge in [-0.2, -0.15) is 13.2 Å². The number of hydrogen-bond donors (Lipinski definition) is 3. The molecule has 0 saturated heterocycles. The second-order valence-electron chi connectivity index (χ2n) is 10.2. The fraction of sp³-hybridized carbons (Fsp3) is 0.250. The van der Waals surface area contributed by atoms with Gasteiger partial charge in [-0.15, -0.1) is 0 Å². The van der Waals surface area contributed by atoms with Gasteiger partial charge in [0.15, 0.2) is 0 Å². The maximum Gasteiger partial charge on any atom is 0.491 e. The van der Waals surface area contributed by atoms with Crippen LogP contribution in [-0.2, 0) is 22.7 Å². The monoisotopic (exact) mass is 622 g/mol. The zero-order valence-electron chi connectivity index (χ0n) is 22.7. The molecule has 0 aliphatic heterocycles. The molecule has 1 amide bonds. The van der Waals surface area contributed by atoms with Crippen LogP contribution in [0.5, 0.6) is 0 Å². The number of benzene rings is 3. The highest BCUT2D eigenvalue weighted by Crippen LogP contribution is 2.48. The second kappa shape index (κ2) is 11.0. The largest absolute Gasteiger partial charge is 0.491 e. The number of hydrogen-bond acceptors (Lipinski definition) is 6. The van der Waals surface area contributed by atoms with Gasteiger partial charge in [0.1, 0.15) is 23.0 Å². The fourth-order valence-corrected chi connectivity index (χ4v) is 5.89. The SMILES string of the molecule is CNC(=O)c1c(-c2ccc(F)cc2)oc2cc(N(Cc3cc(F)c(B(O)O)cc3C(F)(F)F)S(C)(=O)=O)c(C3CC3)cc12. The lowest BCUT2D eigenvalue weighted by Crippen LogP contribution is -2.36. The molecule has 0 unspecified atom stereocenters. The van der Waals surface area contributed by atoms with Gasteiger partial charge in [-0.25, -0.2) is 17.2 Å². The molecular weight excluding hydrogens is 598 g/mol. The molecule has 4 aromatic rings. The van der Waals surface area contributed by atoms with Gasteiger partial charge in [0.05, 0.1) is 29.6 Å². The van der Waals surface area contributed by atoms with Crippen LogP contribution in [0, 0.1) is 11.6 Å². The van der Waals surface area contributed by atoms with E-state index in [9.17, 15) is 45.2 Å². The second-order valence-corrected chi connectivity index (χ2v) is 12.2. The highest BCUT2D eigenvalue weighted by atomic mass is 32.2. The third-order valence-corrected chi connectivity index (χ3v) is 8.33. The Kier molecular flexibility index (Phi) is 7.77. The molecule has 1 aromatic heterocycles. The number of alkyl halides is 3. The molecule has 8 nitrogen and oxygen atoms in total. The Labute approximate surface area is 242 Å².